The lowest BCUT2D eigenvalue weighted by Gasteiger charge is -2.28. The van der Waals surface area contributed by atoms with Crippen molar-refractivity contribution in [2.24, 2.45) is 0 Å². The SMILES string of the molecule is CC1[C@H](OS(C)(=O)=O)CCN1C(=O)OC(C)(C)C. The first-order valence-electron chi connectivity index (χ1n) is 5.87. The normalized spacial score (nSPS) is 25.3. The summed E-state index contributed by atoms with van der Waals surface area (Å²) in [5, 5.41) is 0. The highest BCUT2D eigenvalue weighted by Gasteiger charge is 2.38. The van der Waals surface area contributed by atoms with Gasteiger partial charge in [-0.25, -0.2) is 4.79 Å². The standard InChI is InChI=1S/C11H21NO5S/c1-8-9(17-18(5,14)15)6-7-12(8)10(13)16-11(2,3)4/h8-9H,6-7H2,1-5H3/t8?,9-/m1/s1. The largest absolute Gasteiger partial charge is 0.444 e. The van der Waals surface area contributed by atoms with Gasteiger partial charge in [-0.05, 0) is 34.1 Å². The van der Waals surface area contributed by atoms with E-state index in [9.17, 15) is 13.2 Å². The van der Waals surface area contributed by atoms with E-state index in [4.69, 9.17) is 8.92 Å². The molecule has 7 heteroatoms. The molecule has 1 aliphatic rings. The highest BCUT2D eigenvalue weighted by Crippen LogP contribution is 2.24. The minimum Gasteiger partial charge on any atom is -0.444 e. The molecule has 0 aliphatic carbocycles. The second kappa shape index (κ2) is 5.05. The number of amides is 1. The molecule has 0 N–H and O–H groups in total. The fourth-order valence-corrected chi connectivity index (χ4v) is 2.55. The van der Waals surface area contributed by atoms with E-state index < -0.39 is 27.9 Å². The molecule has 18 heavy (non-hydrogen) atoms. The quantitative estimate of drug-likeness (QED) is 0.714. The maximum atomic E-state index is 11.9. The van der Waals surface area contributed by atoms with Gasteiger partial charge < -0.3 is 9.64 Å². The minimum absolute atomic E-state index is 0.311. The molecule has 1 fully saturated rings. The second-order valence-corrected chi connectivity index (χ2v) is 7.14. The van der Waals surface area contributed by atoms with Gasteiger partial charge in [0.2, 0.25) is 0 Å². The molecular formula is C11H21NO5S. The lowest BCUT2D eigenvalue weighted by Crippen LogP contribution is -2.41. The van der Waals surface area contributed by atoms with Gasteiger partial charge in [0.15, 0.2) is 0 Å². The highest BCUT2D eigenvalue weighted by atomic mass is 32.2. The number of nitrogens with zero attached hydrogens (tertiary/aromatic N) is 1. The van der Waals surface area contributed by atoms with Crippen molar-refractivity contribution in [2.75, 3.05) is 12.8 Å². The van der Waals surface area contributed by atoms with Crippen LogP contribution in [-0.2, 0) is 19.0 Å². The molecule has 0 saturated carbocycles. The molecule has 0 aromatic heterocycles. The van der Waals surface area contributed by atoms with Crippen LogP contribution >= 0.6 is 0 Å². The van der Waals surface area contributed by atoms with Gasteiger partial charge in [-0.2, -0.15) is 8.42 Å². The topological polar surface area (TPSA) is 72.9 Å². The van der Waals surface area contributed by atoms with Gasteiger partial charge in [0.25, 0.3) is 10.1 Å². The maximum absolute atomic E-state index is 11.9. The van der Waals surface area contributed by atoms with Crippen molar-refractivity contribution in [3.63, 3.8) is 0 Å². The molecule has 1 saturated heterocycles. The Morgan fingerprint density at radius 2 is 1.89 bits per heavy atom. The number of hydrogen-bond donors (Lipinski definition) is 0. The van der Waals surface area contributed by atoms with Crippen molar-refractivity contribution in [3.05, 3.63) is 0 Å². The molecule has 6 nitrogen and oxygen atoms in total. The first-order valence-corrected chi connectivity index (χ1v) is 7.69. The van der Waals surface area contributed by atoms with Crippen LogP contribution < -0.4 is 0 Å². The van der Waals surface area contributed by atoms with Crippen LogP contribution in [0, 0.1) is 0 Å². The predicted molar refractivity (Wildman–Crippen MR) is 66.7 cm³/mol. The van der Waals surface area contributed by atoms with Crippen molar-refractivity contribution in [1.29, 1.82) is 0 Å². The van der Waals surface area contributed by atoms with E-state index in [1.807, 2.05) is 0 Å². The molecule has 1 aliphatic heterocycles. The van der Waals surface area contributed by atoms with Crippen LogP contribution in [0.1, 0.15) is 34.1 Å². The molecule has 1 amide bonds. The van der Waals surface area contributed by atoms with E-state index in [2.05, 4.69) is 0 Å². The summed E-state index contributed by atoms with van der Waals surface area (Å²) in [5.41, 5.74) is -0.563. The van der Waals surface area contributed by atoms with Crippen molar-refractivity contribution in [1.82, 2.24) is 4.90 Å². The monoisotopic (exact) mass is 279 g/mol. The first-order chi connectivity index (χ1) is 7.99. The van der Waals surface area contributed by atoms with Crippen LogP contribution in [0.25, 0.3) is 0 Å². The zero-order valence-electron chi connectivity index (χ0n) is 11.5. The average Bonchev–Trinajstić information content (AvgIpc) is 2.42. The van der Waals surface area contributed by atoms with E-state index in [1.165, 1.54) is 4.90 Å². The number of carbonyl (C=O) groups is 1. The molecule has 0 aromatic carbocycles. The molecular weight excluding hydrogens is 258 g/mol. The summed E-state index contributed by atoms with van der Waals surface area (Å²) in [5.74, 6) is 0. The molecule has 1 rings (SSSR count). The number of likely N-dealkylation sites (tertiary alicyclic amines) is 1. The van der Waals surface area contributed by atoms with Crippen LogP contribution in [0.4, 0.5) is 4.79 Å². The summed E-state index contributed by atoms with van der Waals surface area (Å²) in [4.78, 5) is 13.4. The Labute approximate surface area is 108 Å². The molecule has 106 valence electrons. The Morgan fingerprint density at radius 1 is 1.33 bits per heavy atom. The Bertz CT molecular complexity index is 412. The number of ether oxygens (including phenoxy) is 1. The first kappa shape index (κ1) is 15.2. The third-order valence-corrected chi connectivity index (χ3v) is 3.21. The Morgan fingerprint density at radius 3 is 2.33 bits per heavy atom. The molecule has 2 atom stereocenters. The Hall–Kier alpha value is -0.820. The molecule has 0 spiro atoms. The van der Waals surface area contributed by atoms with Crippen LogP contribution in [0.5, 0.6) is 0 Å². The van der Waals surface area contributed by atoms with Crippen LogP contribution in [0.2, 0.25) is 0 Å². The highest BCUT2D eigenvalue weighted by molar-refractivity contribution is 7.86. The van der Waals surface area contributed by atoms with Gasteiger partial charge in [-0.1, -0.05) is 0 Å². The maximum Gasteiger partial charge on any atom is 0.410 e. The summed E-state index contributed by atoms with van der Waals surface area (Å²) in [7, 11) is -3.50. The van der Waals surface area contributed by atoms with Crippen molar-refractivity contribution >= 4 is 16.2 Å². The van der Waals surface area contributed by atoms with E-state index in [1.54, 1.807) is 27.7 Å². The number of carbonyl (C=O) groups excluding carboxylic acids is 1. The second-order valence-electron chi connectivity index (χ2n) is 5.54. The summed E-state index contributed by atoms with van der Waals surface area (Å²) in [6.45, 7) is 7.56. The fourth-order valence-electron chi connectivity index (χ4n) is 1.84. The smallest absolute Gasteiger partial charge is 0.410 e. The molecule has 0 aromatic rings. The zero-order chi connectivity index (χ0) is 14.1. The summed E-state index contributed by atoms with van der Waals surface area (Å²) in [6.07, 6.45) is 0.575. The zero-order valence-corrected chi connectivity index (χ0v) is 12.3. The van der Waals surface area contributed by atoms with Crippen molar-refractivity contribution < 1.29 is 22.1 Å². The van der Waals surface area contributed by atoms with Gasteiger partial charge in [0.1, 0.15) is 5.60 Å². The summed E-state index contributed by atoms with van der Waals surface area (Å²) < 4.78 is 32.4. The van der Waals surface area contributed by atoms with Gasteiger partial charge in [-0.3, -0.25) is 4.18 Å². The van der Waals surface area contributed by atoms with Crippen LogP contribution in [0.15, 0.2) is 0 Å². The predicted octanol–water partition coefficient (Wildman–Crippen LogP) is 1.36. The third kappa shape index (κ3) is 4.45. The summed E-state index contributed by atoms with van der Waals surface area (Å²) >= 11 is 0. The average molecular weight is 279 g/mol. The molecule has 1 heterocycles. The number of rotatable bonds is 2. The molecule has 0 bridgehead atoms. The lowest BCUT2D eigenvalue weighted by atomic mass is 10.2. The van der Waals surface area contributed by atoms with Crippen LogP contribution in [0.3, 0.4) is 0 Å². The van der Waals surface area contributed by atoms with E-state index in [0.717, 1.165) is 6.26 Å². The van der Waals surface area contributed by atoms with Gasteiger partial charge >= 0.3 is 6.09 Å². The Balaban J connectivity index is 2.65. The minimum atomic E-state index is -3.50. The van der Waals surface area contributed by atoms with E-state index >= 15 is 0 Å². The molecule has 1 unspecified atom stereocenters. The fraction of sp³-hybridized carbons (Fsp3) is 0.909. The van der Waals surface area contributed by atoms with Crippen molar-refractivity contribution in [3.8, 4) is 0 Å². The molecule has 0 radical (unpaired) electrons. The van der Waals surface area contributed by atoms with Crippen molar-refractivity contribution in [2.45, 2.75) is 51.9 Å². The number of hydrogen-bond acceptors (Lipinski definition) is 5. The van der Waals surface area contributed by atoms with E-state index in [-0.39, 0.29) is 6.04 Å². The van der Waals surface area contributed by atoms with Gasteiger partial charge in [0.05, 0.1) is 18.4 Å². The van der Waals surface area contributed by atoms with Crippen LogP contribution in [-0.4, -0.2) is 50.0 Å². The Kier molecular flexibility index (Phi) is 4.27. The van der Waals surface area contributed by atoms with Gasteiger partial charge in [0, 0.05) is 6.54 Å². The van der Waals surface area contributed by atoms with Gasteiger partial charge in [-0.15, -0.1) is 0 Å². The van der Waals surface area contributed by atoms with E-state index in [0.29, 0.717) is 13.0 Å². The lowest BCUT2D eigenvalue weighted by molar-refractivity contribution is 0.0194. The third-order valence-electron chi connectivity index (χ3n) is 2.61. The summed E-state index contributed by atoms with van der Waals surface area (Å²) in [6, 6.07) is -0.311.